The summed E-state index contributed by atoms with van der Waals surface area (Å²) in [5.41, 5.74) is 3.91. The molecule has 2 unspecified atom stereocenters. The van der Waals surface area contributed by atoms with Gasteiger partial charge in [-0.15, -0.1) is 0 Å². The summed E-state index contributed by atoms with van der Waals surface area (Å²) in [4.78, 5) is 11.1. The fourth-order valence-electron chi connectivity index (χ4n) is 2.53. The van der Waals surface area contributed by atoms with Crippen LogP contribution in [-0.4, -0.2) is 18.5 Å². The number of rotatable bonds is 4. The van der Waals surface area contributed by atoms with E-state index in [1.54, 1.807) is 0 Å². The Hall–Kier alpha value is -1.35. The SMILES string of the molecule is Cc1cc(C)cc(C(C)NCC2CCC(=O)N2)c1. The standard InChI is InChI=1S/C15H22N2O/c1-10-6-11(2)8-13(7-10)12(3)16-9-14-4-5-15(18)17-14/h6-8,12,14,16H,4-5,9H2,1-3H3,(H,17,18). The van der Waals surface area contributed by atoms with Crippen LogP contribution in [0.4, 0.5) is 0 Å². The smallest absolute Gasteiger partial charge is 0.220 e. The summed E-state index contributed by atoms with van der Waals surface area (Å²) in [6.07, 6.45) is 1.62. The van der Waals surface area contributed by atoms with Crippen molar-refractivity contribution >= 4 is 5.91 Å². The fourth-order valence-corrected chi connectivity index (χ4v) is 2.53. The van der Waals surface area contributed by atoms with Gasteiger partial charge in [0.2, 0.25) is 5.91 Å². The van der Waals surface area contributed by atoms with E-state index in [0.717, 1.165) is 13.0 Å². The molecule has 2 atom stereocenters. The van der Waals surface area contributed by atoms with Crippen molar-refractivity contribution in [3.05, 3.63) is 34.9 Å². The van der Waals surface area contributed by atoms with Gasteiger partial charge in [0.1, 0.15) is 0 Å². The van der Waals surface area contributed by atoms with Gasteiger partial charge in [0.05, 0.1) is 0 Å². The zero-order valence-electron chi connectivity index (χ0n) is 11.4. The van der Waals surface area contributed by atoms with E-state index in [1.807, 2.05) is 0 Å². The second kappa shape index (κ2) is 5.53. The summed E-state index contributed by atoms with van der Waals surface area (Å²) in [5.74, 6) is 0.181. The lowest BCUT2D eigenvalue weighted by atomic mass is 10.0. The molecule has 1 aromatic carbocycles. The summed E-state index contributed by atoms with van der Waals surface area (Å²) < 4.78 is 0. The Balaban J connectivity index is 1.91. The second-order valence-electron chi connectivity index (χ2n) is 5.35. The molecule has 1 heterocycles. The molecule has 0 spiro atoms. The van der Waals surface area contributed by atoms with E-state index >= 15 is 0 Å². The Labute approximate surface area is 109 Å². The Morgan fingerprint density at radius 1 is 1.33 bits per heavy atom. The van der Waals surface area contributed by atoms with Gasteiger partial charge < -0.3 is 10.6 Å². The first kappa shape index (κ1) is 13.1. The number of hydrogen-bond donors (Lipinski definition) is 2. The number of carbonyl (C=O) groups excluding carboxylic acids is 1. The summed E-state index contributed by atoms with van der Waals surface area (Å²) in [6.45, 7) is 7.27. The van der Waals surface area contributed by atoms with Crippen LogP contribution in [0.1, 0.15) is 42.5 Å². The number of nitrogens with one attached hydrogen (secondary N) is 2. The van der Waals surface area contributed by atoms with Crippen LogP contribution in [0.5, 0.6) is 0 Å². The van der Waals surface area contributed by atoms with Crippen molar-refractivity contribution in [1.82, 2.24) is 10.6 Å². The third-order valence-electron chi connectivity index (χ3n) is 3.50. The molecule has 1 fully saturated rings. The predicted octanol–water partition coefficient (Wildman–Crippen LogP) is 2.23. The first-order chi connectivity index (χ1) is 8.54. The summed E-state index contributed by atoms with van der Waals surface area (Å²) in [5, 5.41) is 6.48. The molecule has 2 rings (SSSR count). The highest BCUT2D eigenvalue weighted by Gasteiger charge is 2.20. The average molecular weight is 246 g/mol. The normalized spacial score (nSPS) is 20.8. The highest BCUT2D eigenvalue weighted by atomic mass is 16.1. The van der Waals surface area contributed by atoms with Crippen molar-refractivity contribution in [2.75, 3.05) is 6.54 Å². The maximum Gasteiger partial charge on any atom is 0.220 e. The van der Waals surface area contributed by atoms with Gasteiger partial charge in [-0.25, -0.2) is 0 Å². The van der Waals surface area contributed by atoms with E-state index < -0.39 is 0 Å². The highest BCUT2D eigenvalue weighted by molar-refractivity contribution is 5.78. The van der Waals surface area contributed by atoms with Crippen molar-refractivity contribution in [2.45, 2.75) is 45.7 Å². The predicted molar refractivity (Wildman–Crippen MR) is 73.5 cm³/mol. The fraction of sp³-hybridized carbons (Fsp3) is 0.533. The number of hydrogen-bond acceptors (Lipinski definition) is 2. The van der Waals surface area contributed by atoms with Crippen molar-refractivity contribution in [3.63, 3.8) is 0 Å². The molecule has 0 aromatic heterocycles. The lowest BCUT2D eigenvalue weighted by Crippen LogP contribution is -2.36. The lowest BCUT2D eigenvalue weighted by molar-refractivity contribution is -0.119. The number of benzene rings is 1. The molecule has 1 amide bonds. The maximum absolute atomic E-state index is 11.1. The molecule has 1 aliphatic heterocycles. The molecule has 0 aliphatic carbocycles. The summed E-state index contributed by atoms with van der Waals surface area (Å²) in [6, 6.07) is 7.25. The van der Waals surface area contributed by atoms with Crippen molar-refractivity contribution in [1.29, 1.82) is 0 Å². The van der Waals surface area contributed by atoms with Gasteiger partial charge in [0.15, 0.2) is 0 Å². The first-order valence-corrected chi connectivity index (χ1v) is 6.65. The number of amides is 1. The third-order valence-corrected chi connectivity index (χ3v) is 3.50. The van der Waals surface area contributed by atoms with E-state index in [9.17, 15) is 4.79 Å². The van der Waals surface area contributed by atoms with Crippen LogP contribution in [0.3, 0.4) is 0 Å². The molecule has 0 bridgehead atoms. The molecule has 1 saturated heterocycles. The maximum atomic E-state index is 11.1. The lowest BCUT2D eigenvalue weighted by Gasteiger charge is -2.18. The minimum Gasteiger partial charge on any atom is -0.352 e. The van der Waals surface area contributed by atoms with Crippen LogP contribution in [0.15, 0.2) is 18.2 Å². The van der Waals surface area contributed by atoms with Gasteiger partial charge in [0.25, 0.3) is 0 Å². The van der Waals surface area contributed by atoms with E-state index in [2.05, 4.69) is 49.6 Å². The van der Waals surface area contributed by atoms with E-state index in [-0.39, 0.29) is 5.91 Å². The summed E-state index contributed by atoms with van der Waals surface area (Å²) in [7, 11) is 0. The van der Waals surface area contributed by atoms with Gasteiger partial charge in [-0.3, -0.25) is 4.79 Å². The van der Waals surface area contributed by atoms with Crippen LogP contribution in [-0.2, 0) is 4.79 Å². The molecule has 3 nitrogen and oxygen atoms in total. The Morgan fingerprint density at radius 2 is 2.00 bits per heavy atom. The summed E-state index contributed by atoms with van der Waals surface area (Å²) >= 11 is 0. The van der Waals surface area contributed by atoms with Gasteiger partial charge in [0, 0.05) is 25.0 Å². The van der Waals surface area contributed by atoms with E-state index in [0.29, 0.717) is 18.5 Å². The van der Waals surface area contributed by atoms with Gasteiger partial charge in [-0.2, -0.15) is 0 Å². The minimum absolute atomic E-state index is 0.181. The molecule has 2 N–H and O–H groups in total. The average Bonchev–Trinajstić information content (AvgIpc) is 2.70. The molecule has 0 saturated carbocycles. The zero-order chi connectivity index (χ0) is 13.1. The van der Waals surface area contributed by atoms with Gasteiger partial charge in [-0.05, 0) is 32.8 Å². The number of carbonyl (C=O) groups is 1. The second-order valence-corrected chi connectivity index (χ2v) is 5.35. The van der Waals surface area contributed by atoms with Gasteiger partial charge >= 0.3 is 0 Å². The highest BCUT2D eigenvalue weighted by Crippen LogP contribution is 2.17. The molecule has 3 heteroatoms. The van der Waals surface area contributed by atoms with E-state index in [4.69, 9.17) is 0 Å². The molecular weight excluding hydrogens is 224 g/mol. The Bertz CT molecular complexity index is 422. The van der Waals surface area contributed by atoms with Crippen LogP contribution < -0.4 is 10.6 Å². The molecule has 1 aliphatic rings. The van der Waals surface area contributed by atoms with Crippen molar-refractivity contribution < 1.29 is 4.79 Å². The van der Waals surface area contributed by atoms with Crippen LogP contribution in [0.2, 0.25) is 0 Å². The Morgan fingerprint density at radius 3 is 2.56 bits per heavy atom. The van der Waals surface area contributed by atoms with Crippen LogP contribution in [0.25, 0.3) is 0 Å². The quantitative estimate of drug-likeness (QED) is 0.855. The molecule has 98 valence electrons. The molecule has 1 aromatic rings. The molecule has 0 radical (unpaired) electrons. The van der Waals surface area contributed by atoms with Crippen molar-refractivity contribution in [2.24, 2.45) is 0 Å². The molecule has 18 heavy (non-hydrogen) atoms. The third kappa shape index (κ3) is 3.33. The minimum atomic E-state index is 0.181. The Kier molecular flexibility index (Phi) is 4.02. The topological polar surface area (TPSA) is 41.1 Å². The van der Waals surface area contributed by atoms with Crippen LogP contribution >= 0.6 is 0 Å². The van der Waals surface area contributed by atoms with Gasteiger partial charge in [-0.1, -0.05) is 29.3 Å². The van der Waals surface area contributed by atoms with E-state index in [1.165, 1.54) is 16.7 Å². The van der Waals surface area contributed by atoms with Crippen LogP contribution in [0, 0.1) is 13.8 Å². The van der Waals surface area contributed by atoms with Crippen molar-refractivity contribution in [3.8, 4) is 0 Å². The first-order valence-electron chi connectivity index (χ1n) is 6.65. The largest absolute Gasteiger partial charge is 0.352 e. The monoisotopic (exact) mass is 246 g/mol. The molecular formula is C15H22N2O. The zero-order valence-corrected chi connectivity index (χ0v) is 11.4. The number of aryl methyl sites for hydroxylation is 2.